The molecule has 8 nitrogen and oxygen atoms in total. The van der Waals surface area contributed by atoms with Crippen LogP contribution in [0.5, 0.6) is 5.75 Å². The van der Waals surface area contributed by atoms with Crippen LogP contribution in [-0.4, -0.2) is 56.6 Å². The van der Waals surface area contributed by atoms with Crippen LogP contribution in [0.4, 0.5) is 5.69 Å². The van der Waals surface area contributed by atoms with Gasteiger partial charge in [0.15, 0.2) is 0 Å². The van der Waals surface area contributed by atoms with E-state index in [0.29, 0.717) is 34.4 Å². The van der Waals surface area contributed by atoms with Crippen molar-refractivity contribution in [1.29, 1.82) is 0 Å². The highest BCUT2D eigenvalue weighted by Gasteiger charge is 2.34. The summed E-state index contributed by atoms with van der Waals surface area (Å²) in [6.45, 7) is 7.25. The molecule has 3 rings (SSSR count). The second-order valence-electron chi connectivity index (χ2n) is 10.1. The maximum Gasteiger partial charge on any atom is 0.264 e. The number of nitrogens with zero attached hydrogens (tertiary/aromatic N) is 2. The summed E-state index contributed by atoms with van der Waals surface area (Å²) in [5.41, 5.74) is 0.727. The Labute approximate surface area is 275 Å². The molecule has 0 spiro atoms. The van der Waals surface area contributed by atoms with Crippen LogP contribution in [0.1, 0.15) is 46.1 Å². The number of nitrogens with one attached hydrogen (secondary N) is 1. The molecule has 1 N–H and O–H groups in total. The second kappa shape index (κ2) is 16.4. The van der Waals surface area contributed by atoms with Crippen molar-refractivity contribution in [3.8, 4) is 5.75 Å². The van der Waals surface area contributed by atoms with Crippen LogP contribution in [-0.2, 0) is 26.2 Å². The number of carbonyl (C=O) groups excluding carboxylic acids is 2. The number of rotatable bonds is 15. The van der Waals surface area contributed by atoms with E-state index >= 15 is 0 Å². The number of benzene rings is 3. The monoisotopic (exact) mass is 679 g/mol. The minimum absolute atomic E-state index is 0.0271. The van der Waals surface area contributed by atoms with Crippen molar-refractivity contribution < 1.29 is 22.7 Å². The van der Waals surface area contributed by atoms with E-state index < -0.39 is 28.5 Å². The molecule has 0 aliphatic rings. The lowest BCUT2D eigenvalue weighted by molar-refractivity contribution is -0.140. The molecule has 0 aliphatic carbocycles. The van der Waals surface area contributed by atoms with Crippen molar-refractivity contribution >= 4 is 62.5 Å². The summed E-state index contributed by atoms with van der Waals surface area (Å²) in [6.07, 6.45) is 2.88. The maximum atomic E-state index is 14.3. The minimum Gasteiger partial charge on any atom is -0.494 e. The number of hydrogen-bond acceptors (Lipinski definition) is 6. The molecule has 0 saturated heterocycles. The van der Waals surface area contributed by atoms with Gasteiger partial charge in [-0.3, -0.25) is 13.9 Å². The van der Waals surface area contributed by atoms with Gasteiger partial charge in [0.1, 0.15) is 18.3 Å². The molecule has 0 heterocycles. The highest BCUT2D eigenvalue weighted by Crippen LogP contribution is 2.30. The van der Waals surface area contributed by atoms with E-state index in [0.717, 1.165) is 9.20 Å². The van der Waals surface area contributed by atoms with E-state index in [-0.39, 0.29) is 35.5 Å². The van der Waals surface area contributed by atoms with Gasteiger partial charge in [-0.05, 0) is 93.6 Å². The lowest BCUT2D eigenvalue weighted by atomic mass is 10.1. The first-order valence-electron chi connectivity index (χ1n) is 14.4. The van der Waals surface area contributed by atoms with Crippen molar-refractivity contribution in [2.24, 2.45) is 0 Å². The Morgan fingerprint density at radius 3 is 2.07 bits per heavy atom. The van der Waals surface area contributed by atoms with Gasteiger partial charge in [0, 0.05) is 33.1 Å². The molecule has 0 bridgehead atoms. The zero-order valence-electron chi connectivity index (χ0n) is 25.5. The van der Waals surface area contributed by atoms with E-state index in [2.05, 4.69) is 5.32 Å². The predicted octanol–water partition coefficient (Wildman–Crippen LogP) is 7.03. The molecule has 2 amide bonds. The highest BCUT2D eigenvalue weighted by molar-refractivity contribution is 7.98. The average Bonchev–Trinajstić information content (AvgIpc) is 3.01. The van der Waals surface area contributed by atoms with Crippen molar-refractivity contribution in [3.63, 3.8) is 0 Å². The fraction of sp³-hybridized carbons (Fsp3) is 0.375. The lowest BCUT2D eigenvalue weighted by Crippen LogP contribution is -2.53. The van der Waals surface area contributed by atoms with E-state index in [1.54, 1.807) is 61.5 Å². The third kappa shape index (κ3) is 8.84. The van der Waals surface area contributed by atoms with Crippen LogP contribution < -0.4 is 14.4 Å². The number of anilines is 1. The number of carbonyl (C=O) groups is 2. The van der Waals surface area contributed by atoms with E-state index in [9.17, 15) is 18.0 Å². The second-order valence-corrected chi connectivity index (χ2v) is 13.6. The largest absolute Gasteiger partial charge is 0.494 e. The van der Waals surface area contributed by atoms with Crippen LogP contribution in [0, 0.1) is 0 Å². The van der Waals surface area contributed by atoms with Gasteiger partial charge in [0.05, 0.1) is 17.2 Å². The molecule has 0 aromatic heterocycles. The number of ether oxygens (including phenoxy) is 1. The van der Waals surface area contributed by atoms with E-state index in [4.69, 9.17) is 27.9 Å². The van der Waals surface area contributed by atoms with E-state index in [1.165, 1.54) is 28.8 Å². The molecule has 2 atom stereocenters. The molecule has 12 heteroatoms. The van der Waals surface area contributed by atoms with Crippen LogP contribution in [0.2, 0.25) is 10.0 Å². The van der Waals surface area contributed by atoms with Gasteiger partial charge in [0.25, 0.3) is 10.0 Å². The van der Waals surface area contributed by atoms with Crippen molar-refractivity contribution in [2.45, 2.75) is 69.0 Å². The van der Waals surface area contributed by atoms with Gasteiger partial charge in [-0.2, -0.15) is 0 Å². The summed E-state index contributed by atoms with van der Waals surface area (Å²) in [5.74, 6) is -0.376. The van der Waals surface area contributed by atoms with Gasteiger partial charge < -0.3 is 15.0 Å². The topological polar surface area (TPSA) is 96.0 Å². The number of sulfonamides is 1. The summed E-state index contributed by atoms with van der Waals surface area (Å²) < 4.78 is 34.8. The quantitative estimate of drug-likeness (QED) is 0.173. The zero-order chi connectivity index (χ0) is 32.4. The predicted molar refractivity (Wildman–Crippen MR) is 179 cm³/mol. The molecule has 238 valence electrons. The van der Waals surface area contributed by atoms with Crippen LogP contribution in [0.3, 0.4) is 0 Å². The third-order valence-electron chi connectivity index (χ3n) is 7.14. The molecule has 0 radical (unpaired) electrons. The smallest absolute Gasteiger partial charge is 0.264 e. The minimum atomic E-state index is -4.21. The number of thioether (sulfide) groups is 1. The fourth-order valence-corrected chi connectivity index (χ4v) is 6.83. The number of hydrogen-bond donors (Lipinski definition) is 1. The van der Waals surface area contributed by atoms with Crippen LogP contribution in [0.15, 0.2) is 76.5 Å². The molecular weight excluding hydrogens is 641 g/mol. The lowest BCUT2D eigenvalue weighted by Gasteiger charge is -2.34. The first-order valence-corrected chi connectivity index (χ1v) is 17.8. The Bertz CT molecular complexity index is 1500. The Hall–Kier alpha value is -2.92. The van der Waals surface area contributed by atoms with E-state index in [1.807, 2.05) is 27.0 Å². The van der Waals surface area contributed by atoms with Crippen molar-refractivity contribution in [2.75, 3.05) is 23.7 Å². The first kappa shape index (κ1) is 35.6. The van der Waals surface area contributed by atoms with Crippen molar-refractivity contribution in [3.05, 3.63) is 82.3 Å². The SMILES string of the molecule is CCOc1ccc(N(CC(=O)N(Cc2c(Cl)cccc2Cl)[C@H](CC)C(=O)N[C@@H](C)CC)S(=O)(=O)c2ccc(SC)cc2)cc1. The first-order chi connectivity index (χ1) is 21.0. The van der Waals surface area contributed by atoms with Crippen LogP contribution >= 0.6 is 35.0 Å². The normalized spacial score (nSPS) is 12.7. The number of halogens is 2. The summed E-state index contributed by atoms with van der Waals surface area (Å²) in [4.78, 5) is 30.0. The Balaban J connectivity index is 2.11. The summed E-state index contributed by atoms with van der Waals surface area (Å²) >= 11 is 14.5. The van der Waals surface area contributed by atoms with Crippen LogP contribution in [0.25, 0.3) is 0 Å². The van der Waals surface area contributed by atoms with Crippen molar-refractivity contribution in [1.82, 2.24) is 10.2 Å². The standard InChI is InChI=1S/C32H39Cl2N3O5S2/c1-6-22(4)35-32(39)30(7-2)36(20-27-28(33)10-9-11-29(27)34)31(38)21-37(23-12-14-24(15-13-23)42-8-3)44(40,41)26-18-16-25(43-5)17-19-26/h9-19,22,30H,6-8,20-21H2,1-5H3,(H,35,39)/t22-,30+/m0/s1. The third-order valence-corrected chi connectivity index (χ3v) is 10.4. The Morgan fingerprint density at radius 1 is 0.932 bits per heavy atom. The molecular formula is C32H39Cl2N3O5S2. The molecule has 3 aromatic rings. The molecule has 0 aliphatic heterocycles. The molecule has 0 fully saturated rings. The highest BCUT2D eigenvalue weighted by atomic mass is 35.5. The summed E-state index contributed by atoms with van der Waals surface area (Å²) in [7, 11) is -4.21. The molecule has 0 saturated carbocycles. The fourth-order valence-electron chi connectivity index (χ4n) is 4.49. The van der Waals surface area contributed by atoms with Gasteiger partial charge in [-0.25, -0.2) is 8.42 Å². The van der Waals surface area contributed by atoms with Gasteiger partial charge in [-0.15, -0.1) is 11.8 Å². The average molecular weight is 681 g/mol. The molecule has 3 aromatic carbocycles. The Morgan fingerprint density at radius 2 is 1.55 bits per heavy atom. The number of amides is 2. The molecule has 0 unspecified atom stereocenters. The molecule has 44 heavy (non-hydrogen) atoms. The van der Waals surface area contributed by atoms with Gasteiger partial charge in [-0.1, -0.05) is 43.1 Å². The zero-order valence-corrected chi connectivity index (χ0v) is 28.7. The maximum absolute atomic E-state index is 14.3. The summed E-state index contributed by atoms with van der Waals surface area (Å²) in [6, 6.07) is 16.9. The summed E-state index contributed by atoms with van der Waals surface area (Å²) in [5, 5.41) is 3.62. The van der Waals surface area contributed by atoms with Gasteiger partial charge >= 0.3 is 0 Å². The van der Waals surface area contributed by atoms with Gasteiger partial charge in [0.2, 0.25) is 11.8 Å². The Kier molecular flexibility index (Phi) is 13.3.